The number of hydrogen-bond acceptors (Lipinski definition) is 5. The van der Waals surface area contributed by atoms with E-state index in [-0.39, 0.29) is 22.0 Å². The van der Waals surface area contributed by atoms with E-state index in [4.69, 9.17) is 23.2 Å². The molecule has 0 radical (unpaired) electrons. The zero-order valence-electron chi connectivity index (χ0n) is 23.7. The number of carbonyl (C=O) groups is 1. The Kier molecular flexibility index (Phi) is 9.65. The minimum absolute atomic E-state index is 0.0421. The van der Waals surface area contributed by atoms with Crippen LogP contribution in [-0.4, -0.2) is 73.3 Å². The van der Waals surface area contributed by atoms with E-state index in [0.29, 0.717) is 54.6 Å². The fourth-order valence-corrected chi connectivity index (χ4v) is 8.55. The molecule has 0 aromatic heterocycles. The molecule has 2 saturated heterocycles. The van der Waals surface area contributed by atoms with Gasteiger partial charge in [0.1, 0.15) is 0 Å². The predicted octanol–water partition coefficient (Wildman–Crippen LogP) is 6.25. The Hall–Kier alpha value is -2.42. The van der Waals surface area contributed by atoms with Crippen molar-refractivity contribution in [1.82, 2.24) is 9.80 Å². The van der Waals surface area contributed by atoms with Crippen LogP contribution in [0.2, 0.25) is 10.0 Å². The summed E-state index contributed by atoms with van der Waals surface area (Å²) in [6.45, 7) is 3.43. The highest BCUT2D eigenvalue weighted by Crippen LogP contribution is 2.41. The van der Waals surface area contributed by atoms with E-state index >= 15 is 0 Å². The molecule has 5 rings (SSSR count). The molecule has 6 nitrogen and oxygen atoms in total. The Morgan fingerprint density at radius 3 is 2.19 bits per heavy atom. The molecule has 2 heterocycles. The molecule has 224 valence electrons. The van der Waals surface area contributed by atoms with Crippen LogP contribution >= 0.6 is 23.2 Å². The van der Waals surface area contributed by atoms with Crippen molar-refractivity contribution >= 4 is 38.9 Å². The molecule has 3 aromatic rings. The number of piperidine rings is 2. The van der Waals surface area contributed by atoms with Crippen LogP contribution < -0.4 is 0 Å². The minimum Gasteiger partial charge on any atom is -0.389 e. The summed E-state index contributed by atoms with van der Waals surface area (Å²) in [6, 6.07) is 23.6. The highest BCUT2D eigenvalue weighted by molar-refractivity contribution is 7.91. The molecular weight excluding hydrogens is 591 g/mol. The number of aliphatic hydroxyl groups is 1. The molecule has 0 spiro atoms. The maximum absolute atomic E-state index is 13.4. The zero-order chi connectivity index (χ0) is 29.8. The predicted molar refractivity (Wildman–Crippen MR) is 168 cm³/mol. The van der Waals surface area contributed by atoms with Crippen LogP contribution in [-0.2, 0) is 15.3 Å². The van der Waals surface area contributed by atoms with Gasteiger partial charge in [-0.05, 0) is 87.0 Å². The lowest BCUT2D eigenvalue weighted by Gasteiger charge is -2.44. The molecule has 2 aliphatic heterocycles. The number of benzene rings is 3. The van der Waals surface area contributed by atoms with Gasteiger partial charge in [-0.15, -0.1) is 0 Å². The van der Waals surface area contributed by atoms with Gasteiger partial charge in [0, 0.05) is 37.2 Å². The molecular formula is C33H38Cl2N2O4S. The van der Waals surface area contributed by atoms with E-state index in [1.54, 1.807) is 30.3 Å². The van der Waals surface area contributed by atoms with Gasteiger partial charge in [0.25, 0.3) is 5.91 Å². The number of hydrogen-bond donors (Lipinski definition) is 1. The number of amides is 1. The van der Waals surface area contributed by atoms with E-state index in [2.05, 4.69) is 4.90 Å². The molecule has 2 fully saturated rings. The molecule has 1 N–H and O–H groups in total. The number of carbonyl (C=O) groups excluding carboxylic acids is 1. The number of rotatable bonds is 9. The van der Waals surface area contributed by atoms with Crippen LogP contribution in [0.3, 0.4) is 0 Å². The standard InChI is InChI=1S/C33H38Cl2N2O4S/c34-29-14-13-27(23-30(29)35)32(16-8-20-37(24-32)31(38)26-9-3-1-4-10-26)15-7-19-36-21-17-33(39,18-22-36)25-42(40,41)28-11-5-2-6-12-28/h1-6,9-14,23,39H,7-8,15-22,24-25H2. The van der Waals surface area contributed by atoms with Gasteiger partial charge in [0.2, 0.25) is 0 Å². The van der Waals surface area contributed by atoms with Crippen molar-refractivity contribution in [2.24, 2.45) is 0 Å². The van der Waals surface area contributed by atoms with Crippen molar-refractivity contribution in [3.05, 3.63) is 100 Å². The molecule has 0 bridgehead atoms. The van der Waals surface area contributed by atoms with Gasteiger partial charge in [-0.1, -0.05) is 65.7 Å². The first-order valence-electron chi connectivity index (χ1n) is 14.6. The lowest BCUT2D eigenvalue weighted by atomic mass is 9.71. The lowest BCUT2D eigenvalue weighted by Crippen LogP contribution is -2.50. The average Bonchev–Trinajstić information content (AvgIpc) is 3.00. The number of nitrogens with zero attached hydrogens (tertiary/aromatic N) is 2. The third kappa shape index (κ3) is 7.20. The molecule has 0 aliphatic carbocycles. The lowest BCUT2D eigenvalue weighted by molar-refractivity contribution is -0.00334. The monoisotopic (exact) mass is 628 g/mol. The molecule has 9 heteroatoms. The van der Waals surface area contributed by atoms with Crippen LogP contribution in [0.4, 0.5) is 0 Å². The van der Waals surface area contributed by atoms with Crippen molar-refractivity contribution in [1.29, 1.82) is 0 Å². The Balaban J connectivity index is 1.24. The maximum Gasteiger partial charge on any atom is 0.253 e. The Morgan fingerprint density at radius 2 is 1.52 bits per heavy atom. The molecule has 1 atom stereocenters. The minimum atomic E-state index is -3.57. The Labute approximate surface area is 259 Å². The molecule has 3 aromatic carbocycles. The van der Waals surface area contributed by atoms with Gasteiger partial charge in [-0.3, -0.25) is 4.79 Å². The second-order valence-electron chi connectivity index (χ2n) is 11.8. The summed E-state index contributed by atoms with van der Waals surface area (Å²) < 4.78 is 25.8. The van der Waals surface area contributed by atoms with Gasteiger partial charge in [0.15, 0.2) is 9.84 Å². The highest BCUT2D eigenvalue weighted by Gasteiger charge is 2.40. The van der Waals surface area contributed by atoms with Crippen LogP contribution in [0.25, 0.3) is 0 Å². The van der Waals surface area contributed by atoms with E-state index in [1.165, 1.54) is 0 Å². The van der Waals surface area contributed by atoms with Gasteiger partial charge in [0.05, 0.1) is 26.3 Å². The summed E-state index contributed by atoms with van der Waals surface area (Å²) in [5, 5.41) is 12.2. The maximum atomic E-state index is 13.4. The van der Waals surface area contributed by atoms with Crippen molar-refractivity contribution in [2.45, 2.75) is 54.4 Å². The van der Waals surface area contributed by atoms with Crippen LogP contribution in [0.1, 0.15) is 54.4 Å². The Bertz CT molecular complexity index is 1480. The van der Waals surface area contributed by atoms with Crippen molar-refractivity contribution in [3.8, 4) is 0 Å². The normalized spacial score (nSPS) is 21.3. The summed E-state index contributed by atoms with van der Waals surface area (Å²) in [6.07, 6.45) is 4.43. The number of halogens is 2. The number of likely N-dealkylation sites (tertiary alicyclic amines) is 2. The second kappa shape index (κ2) is 13.1. The molecule has 2 aliphatic rings. The Morgan fingerprint density at radius 1 is 0.857 bits per heavy atom. The van der Waals surface area contributed by atoms with Crippen molar-refractivity contribution in [2.75, 3.05) is 38.5 Å². The van der Waals surface area contributed by atoms with E-state index in [0.717, 1.165) is 37.8 Å². The third-order valence-corrected chi connectivity index (χ3v) is 11.5. The fraction of sp³-hybridized carbons (Fsp3) is 0.424. The first kappa shape index (κ1) is 31.0. The first-order chi connectivity index (χ1) is 20.1. The zero-order valence-corrected chi connectivity index (χ0v) is 26.0. The summed E-state index contributed by atoms with van der Waals surface area (Å²) in [5.74, 6) is -0.218. The summed E-state index contributed by atoms with van der Waals surface area (Å²) in [5.41, 5.74) is 0.310. The van der Waals surface area contributed by atoms with Gasteiger partial charge >= 0.3 is 0 Å². The van der Waals surface area contributed by atoms with Gasteiger partial charge < -0.3 is 14.9 Å². The molecule has 1 unspecified atom stereocenters. The highest BCUT2D eigenvalue weighted by atomic mass is 35.5. The summed E-state index contributed by atoms with van der Waals surface area (Å²) in [7, 11) is -3.57. The summed E-state index contributed by atoms with van der Waals surface area (Å²) in [4.78, 5) is 17.9. The van der Waals surface area contributed by atoms with Crippen molar-refractivity contribution < 1.29 is 18.3 Å². The van der Waals surface area contributed by atoms with Crippen LogP contribution in [0, 0.1) is 0 Å². The molecule has 42 heavy (non-hydrogen) atoms. The van der Waals surface area contributed by atoms with Crippen LogP contribution in [0.5, 0.6) is 0 Å². The largest absolute Gasteiger partial charge is 0.389 e. The SMILES string of the molecule is O=C(c1ccccc1)N1CCCC(CCCN2CCC(O)(CS(=O)(=O)c3ccccc3)CC2)(c2ccc(Cl)c(Cl)c2)C1. The fourth-order valence-electron chi connectivity index (χ4n) is 6.52. The first-order valence-corrected chi connectivity index (χ1v) is 17.0. The topological polar surface area (TPSA) is 77.9 Å². The van der Waals surface area contributed by atoms with E-state index in [1.807, 2.05) is 53.4 Å². The van der Waals surface area contributed by atoms with Crippen molar-refractivity contribution in [3.63, 3.8) is 0 Å². The quantitative estimate of drug-likeness (QED) is 0.303. The van der Waals surface area contributed by atoms with Gasteiger partial charge in [-0.2, -0.15) is 0 Å². The smallest absolute Gasteiger partial charge is 0.253 e. The summed E-state index contributed by atoms with van der Waals surface area (Å²) >= 11 is 12.7. The second-order valence-corrected chi connectivity index (χ2v) is 14.7. The van der Waals surface area contributed by atoms with E-state index in [9.17, 15) is 18.3 Å². The molecule has 0 saturated carbocycles. The van der Waals surface area contributed by atoms with E-state index < -0.39 is 15.4 Å². The number of sulfone groups is 1. The van der Waals surface area contributed by atoms with Crippen LogP contribution in [0.15, 0.2) is 83.8 Å². The average molecular weight is 630 g/mol. The third-order valence-electron chi connectivity index (χ3n) is 8.89. The van der Waals surface area contributed by atoms with Gasteiger partial charge in [-0.25, -0.2) is 8.42 Å². The molecule has 1 amide bonds.